The fourth-order valence-electron chi connectivity index (χ4n) is 1.63. The molecule has 1 aromatic carbocycles. The minimum Gasteiger partial charge on any atom is -0.484 e. The van der Waals surface area contributed by atoms with Crippen LogP contribution in [0.1, 0.15) is 10.5 Å². The summed E-state index contributed by atoms with van der Waals surface area (Å²) in [6.07, 6.45) is 1.71. The Hall–Kier alpha value is -2.83. The van der Waals surface area contributed by atoms with E-state index in [0.29, 0.717) is 5.69 Å². The van der Waals surface area contributed by atoms with Gasteiger partial charge in [0.05, 0.1) is 0 Å². The van der Waals surface area contributed by atoms with Crippen molar-refractivity contribution in [1.29, 1.82) is 0 Å². The molecule has 0 bridgehead atoms. The number of aromatic nitrogens is 1. The van der Waals surface area contributed by atoms with Crippen LogP contribution in [0.25, 0.3) is 0 Å². The van der Waals surface area contributed by atoms with Crippen LogP contribution in [0.3, 0.4) is 0 Å². The highest BCUT2D eigenvalue weighted by Gasteiger charge is 2.10. The van der Waals surface area contributed by atoms with Gasteiger partial charge in [0, 0.05) is 19.3 Å². The lowest BCUT2D eigenvalue weighted by molar-refractivity contribution is -0.123. The number of carbonyl (C=O) groups is 2. The van der Waals surface area contributed by atoms with Crippen LogP contribution in [0, 0.1) is 5.82 Å². The van der Waals surface area contributed by atoms with Gasteiger partial charge in [-0.2, -0.15) is 0 Å². The van der Waals surface area contributed by atoms with Crippen LogP contribution in [0.2, 0.25) is 0 Å². The van der Waals surface area contributed by atoms with Crippen molar-refractivity contribution in [3.8, 4) is 5.75 Å². The van der Waals surface area contributed by atoms with Crippen LogP contribution in [0.15, 0.2) is 42.6 Å². The Labute approximate surface area is 120 Å². The Kier molecular flexibility index (Phi) is 4.55. The Morgan fingerprint density at radius 1 is 1.24 bits per heavy atom. The first-order valence-electron chi connectivity index (χ1n) is 6.15. The van der Waals surface area contributed by atoms with Gasteiger partial charge in [0.25, 0.3) is 11.8 Å². The van der Waals surface area contributed by atoms with Crippen molar-refractivity contribution >= 4 is 11.8 Å². The number of ether oxygens (including phenoxy) is 1. The summed E-state index contributed by atoms with van der Waals surface area (Å²) in [5.41, 5.74) is 4.88. The number of aryl methyl sites for hydroxylation is 1. The van der Waals surface area contributed by atoms with Crippen LogP contribution in [0.4, 0.5) is 4.39 Å². The first-order valence-corrected chi connectivity index (χ1v) is 6.15. The molecule has 0 fully saturated rings. The third kappa shape index (κ3) is 4.07. The molecule has 1 heterocycles. The molecule has 2 aromatic rings. The predicted molar refractivity (Wildman–Crippen MR) is 72.9 cm³/mol. The summed E-state index contributed by atoms with van der Waals surface area (Å²) < 4.78 is 19.6. The van der Waals surface area contributed by atoms with Gasteiger partial charge < -0.3 is 9.30 Å². The van der Waals surface area contributed by atoms with E-state index >= 15 is 0 Å². The summed E-state index contributed by atoms with van der Waals surface area (Å²) in [6, 6.07) is 8.76. The van der Waals surface area contributed by atoms with E-state index in [1.807, 2.05) is 0 Å². The molecule has 2 N–H and O–H groups in total. The second-order valence-electron chi connectivity index (χ2n) is 4.25. The lowest BCUT2D eigenvalue weighted by Crippen LogP contribution is -2.44. The number of halogens is 1. The van der Waals surface area contributed by atoms with Crippen molar-refractivity contribution in [3.05, 3.63) is 54.1 Å². The van der Waals surface area contributed by atoms with Crippen LogP contribution in [0.5, 0.6) is 5.75 Å². The van der Waals surface area contributed by atoms with Crippen LogP contribution in [-0.4, -0.2) is 23.0 Å². The highest BCUT2D eigenvalue weighted by molar-refractivity contribution is 5.94. The molecule has 0 aliphatic carbocycles. The number of amides is 2. The van der Waals surface area contributed by atoms with Crippen molar-refractivity contribution in [2.75, 3.05) is 6.61 Å². The zero-order valence-electron chi connectivity index (χ0n) is 11.3. The number of benzene rings is 1. The van der Waals surface area contributed by atoms with Gasteiger partial charge >= 0.3 is 0 Å². The topological polar surface area (TPSA) is 72.4 Å². The lowest BCUT2D eigenvalue weighted by Gasteiger charge is -2.09. The summed E-state index contributed by atoms with van der Waals surface area (Å²) in [5.74, 6) is -1.22. The largest absolute Gasteiger partial charge is 0.484 e. The van der Waals surface area contributed by atoms with E-state index in [-0.39, 0.29) is 12.4 Å². The molecule has 6 nitrogen and oxygen atoms in total. The van der Waals surface area contributed by atoms with Gasteiger partial charge in [0.15, 0.2) is 6.61 Å². The van der Waals surface area contributed by atoms with Gasteiger partial charge in [-0.25, -0.2) is 4.39 Å². The number of rotatable bonds is 4. The highest BCUT2D eigenvalue weighted by atomic mass is 19.1. The fraction of sp³-hybridized carbons (Fsp3) is 0.143. The van der Waals surface area contributed by atoms with Crippen molar-refractivity contribution in [2.24, 2.45) is 7.05 Å². The standard InChI is InChI=1S/C14H14FN3O3/c1-18-7-3-6-12(18)14(20)17-16-13(19)9-21-11-5-2-4-10(15)8-11/h2-8H,9H2,1H3,(H,16,19)(H,17,20). The second-order valence-corrected chi connectivity index (χ2v) is 4.25. The summed E-state index contributed by atoms with van der Waals surface area (Å²) >= 11 is 0. The molecule has 0 unspecified atom stereocenters. The Morgan fingerprint density at radius 3 is 2.71 bits per heavy atom. The molecule has 2 amide bonds. The molecule has 0 atom stereocenters. The number of hydrogen-bond acceptors (Lipinski definition) is 3. The molecular formula is C14H14FN3O3. The van der Waals surface area contributed by atoms with Crippen LogP contribution >= 0.6 is 0 Å². The number of nitrogens with one attached hydrogen (secondary N) is 2. The third-order valence-corrected chi connectivity index (χ3v) is 2.66. The molecule has 110 valence electrons. The van der Waals surface area contributed by atoms with E-state index in [0.717, 1.165) is 6.07 Å². The van der Waals surface area contributed by atoms with E-state index in [1.54, 1.807) is 29.9 Å². The normalized spacial score (nSPS) is 10.0. The van der Waals surface area contributed by atoms with Gasteiger partial charge in [-0.05, 0) is 24.3 Å². The van der Waals surface area contributed by atoms with Gasteiger partial charge in [-0.15, -0.1) is 0 Å². The Morgan fingerprint density at radius 2 is 2.05 bits per heavy atom. The predicted octanol–water partition coefficient (Wildman–Crippen LogP) is 1.00. The maximum absolute atomic E-state index is 12.9. The maximum Gasteiger partial charge on any atom is 0.286 e. The van der Waals surface area contributed by atoms with E-state index in [4.69, 9.17) is 4.74 Å². The number of carbonyl (C=O) groups excluding carboxylic acids is 2. The SMILES string of the molecule is Cn1cccc1C(=O)NNC(=O)COc1cccc(F)c1. The summed E-state index contributed by atoms with van der Waals surface area (Å²) in [4.78, 5) is 23.2. The van der Waals surface area contributed by atoms with Crippen molar-refractivity contribution in [2.45, 2.75) is 0 Å². The minimum absolute atomic E-state index is 0.235. The monoisotopic (exact) mass is 291 g/mol. The van der Waals surface area contributed by atoms with E-state index in [1.165, 1.54) is 18.2 Å². The third-order valence-electron chi connectivity index (χ3n) is 2.66. The number of nitrogens with zero attached hydrogens (tertiary/aromatic N) is 1. The zero-order chi connectivity index (χ0) is 15.2. The quantitative estimate of drug-likeness (QED) is 0.826. The molecular weight excluding hydrogens is 277 g/mol. The number of hydrazine groups is 1. The molecule has 0 radical (unpaired) electrons. The molecule has 2 rings (SSSR count). The van der Waals surface area contributed by atoms with E-state index < -0.39 is 17.6 Å². The second kappa shape index (κ2) is 6.56. The molecule has 0 saturated carbocycles. The smallest absolute Gasteiger partial charge is 0.286 e. The maximum atomic E-state index is 12.9. The number of hydrogen-bond donors (Lipinski definition) is 2. The van der Waals surface area contributed by atoms with E-state index in [9.17, 15) is 14.0 Å². The molecule has 0 aliphatic rings. The first kappa shape index (κ1) is 14.6. The molecule has 21 heavy (non-hydrogen) atoms. The minimum atomic E-state index is -0.554. The van der Waals surface area contributed by atoms with Gasteiger partial charge in [-0.1, -0.05) is 6.07 Å². The summed E-state index contributed by atoms with van der Waals surface area (Å²) in [6.45, 7) is -0.336. The van der Waals surface area contributed by atoms with Gasteiger partial charge in [-0.3, -0.25) is 20.4 Å². The van der Waals surface area contributed by atoms with Crippen LogP contribution < -0.4 is 15.6 Å². The van der Waals surface area contributed by atoms with Crippen molar-refractivity contribution < 1.29 is 18.7 Å². The average molecular weight is 291 g/mol. The van der Waals surface area contributed by atoms with Gasteiger partial charge in [0.1, 0.15) is 17.3 Å². The molecule has 0 saturated heterocycles. The summed E-state index contributed by atoms with van der Waals surface area (Å²) in [7, 11) is 1.71. The molecule has 0 aliphatic heterocycles. The lowest BCUT2D eigenvalue weighted by atomic mass is 10.3. The molecule has 1 aromatic heterocycles. The van der Waals surface area contributed by atoms with E-state index in [2.05, 4.69) is 10.9 Å². The first-order chi connectivity index (χ1) is 10.1. The molecule has 7 heteroatoms. The fourth-order valence-corrected chi connectivity index (χ4v) is 1.63. The Balaban J connectivity index is 1.78. The van der Waals surface area contributed by atoms with Crippen molar-refractivity contribution in [3.63, 3.8) is 0 Å². The van der Waals surface area contributed by atoms with Gasteiger partial charge in [0.2, 0.25) is 0 Å². The average Bonchev–Trinajstić information content (AvgIpc) is 2.89. The summed E-state index contributed by atoms with van der Waals surface area (Å²) in [5, 5.41) is 0. The highest BCUT2D eigenvalue weighted by Crippen LogP contribution is 2.11. The van der Waals surface area contributed by atoms with Crippen molar-refractivity contribution in [1.82, 2.24) is 15.4 Å². The van der Waals surface area contributed by atoms with Crippen LogP contribution in [-0.2, 0) is 11.8 Å². The zero-order valence-corrected chi connectivity index (χ0v) is 11.3. The molecule has 0 spiro atoms. The Bertz CT molecular complexity index is 654.